The van der Waals surface area contributed by atoms with Gasteiger partial charge < -0.3 is 15.6 Å². The molecule has 0 fully saturated rings. The van der Waals surface area contributed by atoms with Crippen LogP contribution >= 0.6 is 0 Å². The third-order valence-corrected chi connectivity index (χ3v) is 2.68. The van der Waals surface area contributed by atoms with Crippen molar-refractivity contribution in [3.63, 3.8) is 0 Å². The molecule has 1 aromatic heterocycles. The molecule has 2 aromatic rings. The van der Waals surface area contributed by atoms with E-state index in [1.807, 2.05) is 31.2 Å². The van der Waals surface area contributed by atoms with E-state index in [4.69, 9.17) is 15.6 Å². The van der Waals surface area contributed by atoms with Crippen LogP contribution in [0.4, 0.5) is 0 Å². The third-order valence-electron chi connectivity index (χ3n) is 2.68. The van der Waals surface area contributed by atoms with Crippen molar-refractivity contribution in [3.05, 3.63) is 36.2 Å². The molecule has 3 N–H and O–H groups in total. The minimum Gasteiger partial charge on any atom is -0.494 e. The van der Waals surface area contributed by atoms with Crippen LogP contribution in [0.3, 0.4) is 0 Å². The Hall–Kier alpha value is -2.41. The number of aliphatic carboxylic acids is 1. The second kappa shape index (κ2) is 6.16. The van der Waals surface area contributed by atoms with Gasteiger partial charge >= 0.3 is 5.97 Å². The van der Waals surface area contributed by atoms with Crippen molar-refractivity contribution < 1.29 is 14.6 Å². The van der Waals surface area contributed by atoms with Gasteiger partial charge in [0.2, 0.25) is 0 Å². The Balaban J connectivity index is 2.16. The van der Waals surface area contributed by atoms with Gasteiger partial charge in [0.15, 0.2) is 0 Å². The van der Waals surface area contributed by atoms with Crippen molar-refractivity contribution in [2.24, 2.45) is 5.73 Å². The molecule has 0 aliphatic carbocycles. The molecule has 0 radical (unpaired) electrons. The summed E-state index contributed by atoms with van der Waals surface area (Å²) in [4.78, 5) is 10.7. The molecule has 0 spiro atoms. The second-order valence-corrected chi connectivity index (χ2v) is 4.23. The van der Waals surface area contributed by atoms with Crippen LogP contribution in [0.25, 0.3) is 5.69 Å². The van der Waals surface area contributed by atoms with Crippen LogP contribution in [-0.4, -0.2) is 38.7 Å². The summed E-state index contributed by atoms with van der Waals surface area (Å²) in [6, 6.07) is 6.42. The van der Waals surface area contributed by atoms with Gasteiger partial charge in [-0.05, 0) is 19.1 Å². The van der Waals surface area contributed by atoms with E-state index >= 15 is 0 Å². The van der Waals surface area contributed by atoms with Crippen LogP contribution in [0.1, 0.15) is 12.6 Å². The maximum atomic E-state index is 10.7. The Bertz CT molecular complexity index is 597. The average molecular weight is 276 g/mol. The molecule has 0 amide bonds. The Morgan fingerprint density at radius 3 is 3.05 bits per heavy atom. The number of hydrogen-bond acceptors (Lipinski definition) is 5. The van der Waals surface area contributed by atoms with Crippen molar-refractivity contribution in [1.82, 2.24) is 15.0 Å². The molecular formula is C13H16N4O3. The van der Waals surface area contributed by atoms with E-state index in [0.717, 1.165) is 11.4 Å². The molecule has 20 heavy (non-hydrogen) atoms. The maximum absolute atomic E-state index is 10.7. The zero-order chi connectivity index (χ0) is 14.5. The lowest BCUT2D eigenvalue weighted by Crippen LogP contribution is -2.32. The van der Waals surface area contributed by atoms with E-state index in [2.05, 4.69) is 10.3 Å². The van der Waals surface area contributed by atoms with E-state index in [0.29, 0.717) is 12.3 Å². The second-order valence-electron chi connectivity index (χ2n) is 4.23. The number of nitrogens with two attached hydrogens (primary N) is 1. The highest BCUT2D eigenvalue weighted by atomic mass is 16.5. The van der Waals surface area contributed by atoms with Gasteiger partial charge in [0, 0.05) is 12.5 Å². The lowest BCUT2D eigenvalue weighted by Gasteiger charge is -2.05. The van der Waals surface area contributed by atoms with Gasteiger partial charge in [-0.15, -0.1) is 5.10 Å². The zero-order valence-electron chi connectivity index (χ0n) is 11.1. The molecular weight excluding hydrogens is 260 g/mol. The number of carboxylic acids is 1. The topological polar surface area (TPSA) is 103 Å². The van der Waals surface area contributed by atoms with Crippen molar-refractivity contribution in [3.8, 4) is 11.4 Å². The summed E-state index contributed by atoms with van der Waals surface area (Å²) >= 11 is 0. The summed E-state index contributed by atoms with van der Waals surface area (Å²) in [5.41, 5.74) is 6.78. The number of benzene rings is 1. The van der Waals surface area contributed by atoms with Gasteiger partial charge in [0.25, 0.3) is 0 Å². The monoisotopic (exact) mass is 276 g/mol. The zero-order valence-corrected chi connectivity index (χ0v) is 11.1. The SMILES string of the molecule is CCOc1cccc(-n2cc(CC(N)C(=O)O)nn2)c1. The fraction of sp³-hybridized carbons (Fsp3) is 0.308. The predicted octanol–water partition coefficient (Wildman–Crippen LogP) is 0.620. The molecule has 7 heteroatoms. The maximum Gasteiger partial charge on any atom is 0.320 e. The van der Waals surface area contributed by atoms with Gasteiger partial charge in [-0.2, -0.15) is 0 Å². The quantitative estimate of drug-likeness (QED) is 0.801. The molecule has 7 nitrogen and oxygen atoms in total. The fourth-order valence-corrected chi connectivity index (χ4v) is 1.71. The lowest BCUT2D eigenvalue weighted by atomic mass is 10.2. The minimum atomic E-state index is -1.06. The van der Waals surface area contributed by atoms with Crippen LogP contribution in [-0.2, 0) is 11.2 Å². The number of carboxylic acid groups (broad SMARTS) is 1. The first-order valence-corrected chi connectivity index (χ1v) is 6.23. The number of ether oxygens (including phenoxy) is 1. The number of carbonyl (C=O) groups is 1. The fourth-order valence-electron chi connectivity index (χ4n) is 1.71. The summed E-state index contributed by atoms with van der Waals surface area (Å²) in [7, 11) is 0. The predicted molar refractivity (Wildman–Crippen MR) is 71.8 cm³/mol. The van der Waals surface area contributed by atoms with Crippen molar-refractivity contribution in [1.29, 1.82) is 0 Å². The standard InChI is InChI=1S/C13H16N4O3/c1-2-20-11-5-3-4-10(7-11)17-8-9(15-16-17)6-12(14)13(18)19/h3-5,7-8,12H,2,6,14H2,1H3,(H,18,19). The molecule has 0 aliphatic heterocycles. The van der Waals surface area contributed by atoms with Crippen molar-refractivity contribution >= 4 is 5.97 Å². The van der Waals surface area contributed by atoms with Crippen LogP contribution < -0.4 is 10.5 Å². The Labute approximate surface area is 116 Å². The van der Waals surface area contributed by atoms with E-state index in [-0.39, 0.29) is 6.42 Å². The molecule has 0 bridgehead atoms. The number of aromatic nitrogens is 3. The molecule has 0 aliphatic rings. The number of nitrogens with zero attached hydrogens (tertiary/aromatic N) is 3. The Morgan fingerprint density at radius 1 is 1.55 bits per heavy atom. The van der Waals surface area contributed by atoms with Crippen LogP contribution in [0.15, 0.2) is 30.5 Å². The molecule has 1 heterocycles. The number of rotatable bonds is 6. The van der Waals surface area contributed by atoms with E-state index in [9.17, 15) is 4.79 Å². The molecule has 2 rings (SSSR count). The average Bonchev–Trinajstić information content (AvgIpc) is 2.88. The number of hydrogen-bond donors (Lipinski definition) is 2. The van der Waals surface area contributed by atoms with E-state index in [1.54, 1.807) is 10.9 Å². The molecule has 1 atom stereocenters. The smallest absolute Gasteiger partial charge is 0.320 e. The Morgan fingerprint density at radius 2 is 2.35 bits per heavy atom. The van der Waals surface area contributed by atoms with Gasteiger partial charge in [-0.1, -0.05) is 11.3 Å². The highest BCUT2D eigenvalue weighted by Crippen LogP contribution is 2.16. The molecule has 1 aromatic carbocycles. The summed E-state index contributed by atoms with van der Waals surface area (Å²) in [5.74, 6) is -0.317. The minimum absolute atomic E-state index is 0.139. The normalized spacial score (nSPS) is 12.1. The molecule has 106 valence electrons. The first kappa shape index (κ1) is 14.0. The molecule has 1 unspecified atom stereocenters. The van der Waals surface area contributed by atoms with E-state index in [1.165, 1.54) is 0 Å². The lowest BCUT2D eigenvalue weighted by molar-refractivity contribution is -0.138. The summed E-state index contributed by atoms with van der Waals surface area (Å²) in [6.45, 7) is 2.49. The van der Waals surface area contributed by atoms with Crippen molar-refractivity contribution in [2.45, 2.75) is 19.4 Å². The highest BCUT2D eigenvalue weighted by Gasteiger charge is 2.14. The van der Waals surface area contributed by atoms with Gasteiger partial charge in [-0.3, -0.25) is 4.79 Å². The van der Waals surface area contributed by atoms with Crippen molar-refractivity contribution in [2.75, 3.05) is 6.61 Å². The summed E-state index contributed by atoms with van der Waals surface area (Å²) in [5, 5.41) is 16.6. The summed E-state index contributed by atoms with van der Waals surface area (Å²) < 4.78 is 6.97. The van der Waals surface area contributed by atoms with Crippen LogP contribution in [0.5, 0.6) is 5.75 Å². The first-order valence-electron chi connectivity index (χ1n) is 6.23. The van der Waals surface area contributed by atoms with Crippen LogP contribution in [0, 0.1) is 0 Å². The van der Waals surface area contributed by atoms with Gasteiger partial charge in [0.1, 0.15) is 11.8 Å². The largest absolute Gasteiger partial charge is 0.494 e. The van der Waals surface area contributed by atoms with Gasteiger partial charge in [0.05, 0.1) is 24.2 Å². The van der Waals surface area contributed by atoms with E-state index < -0.39 is 12.0 Å². The summed E-state index contributed by atoms with van der Waals surface area (Å²) in [6.07, 6.45) is 1.80. The molecule has 0 saturated heterocycles. The van der Waals surface area contributed by atoms with Gasteiger partial charge in [-0.25, -0.2) is 4.68 Å². The highest BCUT2D eigenvalue weighted by molar-refractivity contribution is 5.73. The first-order chi connectivity index (χ1) is 9.60. The third kappa shape index (κ3) is 3.33. The van der Waals surface area contributed by atoms with Crippen LogP contribution in [0.2, 0.25) is 0 Å². The Kier molecular flexibility index (Phi) is 4.31. The molecule has 0 saturated carbocycles.